The zero-order valence-electron chi connectivity index (χ0n) is 17.1. The number of nitrogens with zero attached hydrogens (tertiary/aromatic N) is 6. The van der Waals surface area contributed by atoms with Gasteiger partial charge in [-0.2, -0.15) is 4.52 Å². The first kappa shape index (κ1) is 20.7. The number of hydrogen-bond acceptors (Lipinski definition) is 9. The van der Waals surface area contributed by atoms with E-state index < -0.39 is 0 Å². The Labute approximate surface area is 182 Å². The summed E-state index contributed by atoms with van der Waals surface area (Å²) >= 11 is 1.10. The number of nitrogens with one attached hydrogen (secondary N) is 1. The lowest BCUT2D eigenvalue weighted by Gasteiger charge is -2.07. The maximum atomic E-state index is 12.3. The van der Waals surface area contributed by atoms with Crippen LogP contribution in [0.25, 0.3) is 17.0 Å². The lowest BCUT2D eigenvalue weighted by molar-refractivity contribution is 0.0949. The summed E-state index contributed by atoms with van der Waals surface area (Å²) in [6.07, 6.45) is 1.64. The molecule has 10 nitrogen and oxygen atoms in total. The van der Waals surface area contributed by atoms with E-state index in [1.165, 1.54) is 0 Å². The number of hydrogen-bond donors (Lipinski definition) is 1. The highest BCUT2D eigenvalue weighted by molar-refractivity contribution is 7.08. The zero-order chi connectivity index (χ0) is 21.6. The van der Waals surface area contributed by atoms with Gasteiger partial charge in [0, 0.05) is 11.6 Å². The van der Waals surface area contributed by atoms with Crippen LogP contribution in [0, 0.1) is 0 Å². The molecule has 0 aliphatic carbocycles. The number of ether oxygens (including phenoxy) is 2. The highest BCUT2D eigenvalue weighted by Crippen LogP contribution is 2.23. The minimum Gasteiger partial charge on any atom is -0.497 e. The van der Waals surface area contributed by atoms with Crippen LogP contribution >= 0.6 is 11.5 Å². The molecule has 0 spiro atoms. The van der Waals surface area contributed by atoms with Crippen molar-refractivity contribution in [3.63, 3.8) is 0 Å². The summed E-state index contributed by atoms with van der Waals surface area (Å²) in [6, 6.07) is 11.0. The molecule has 0 atom stereocenters. The molecule has 4 aromatic rings. The molecule has 3 aromatic heterocycles. The Hall–Kier alpha value is -3.60. The topological polar surface area (TPSA) is 116 Å². The van der Waals surface area contributed by atoms with E-state index in [0.717, 1.165) is 41.4 Å². The number of benzene rings is 1. The van der Waals surface area contributed by atoms with Crippen LogP contribution in [0.1, 0.15) is 28.7 Å². The molecule has 0 fully saturated rings. The summed E-state index contributed by atoms with van der Waals surface area (Å²) in [5.41, 5.74) is 2.15. The molecular formula is C20H21N7O3S. The molecule has 0 saturated carbocycles. The average molecular weight is 440 g/mol. The normalized spacial score (nSPS) is 10.9. The van der Waals surface area contributed by atoms with E-state index >= 15 is 0 Å². The van der Waals surface area contributed by atoms with Crippen LogP contribution in [-0.2, 0) is 6.42 Å². The van der Waals surface area contributed by atoms with Gasteiger partial charge >= 0.3 is 0 Å². The summed E-state index contributed by atoms with van der Waals surface area (Å²) < 4.78 is 16.5. The first-order chi connectivity index (χ1) is 15.2. The van der Waals surface area contributed by atoms with Crippen molar-refractivity contribution in [1.29, 1.82) is 0 Å². The van der Waals surface area contributed by atoms with Gasteiger partial charge in [-0.25, -0.2) is 0 Å². The summed E-state index contributed by atoms with van der Waals surface area (Å²) in [6.45, 7) is 2.62. The van der Waals surface area contributed by atoms with Gasteiger partial charge < -0.3 is 14.8 Å². The molecule has 0 saturated heterocycles. The second-order valence-corrected chi connectivity index (χ2v) is 7.35. The molecular weight excluding hydrogens is 418 g/mol. The van der Waals surface area contributed by atoms with Gasteiger partial charge in [0.25, 0.3) is 5.91 Å². The van der Waals surface area contributed by atoms with Gasteiger partial charge in [0.15, 0.2) is 11.5 Å². The molecule has 0 aliphatic heterocycles. The highest BCUT2D eigenvalue weighted by Gasteiger charge is 2.15. The Balaban J connectivity index is 1.40. The zero-order valence-corrected chi connectivity index (χ0v) is 17.9. The molecule has 4 rings (SSSR count). The van der Waals surface area contributed by atoms with Crippen LogP contribution < -0.4 is 14.8 Å². The van der Waals surface area contributed by atoms with Gasteiger partial charge in [0.2, 0.25) is 5.88 Å². The molecule has 3 heterocycles. The largest absolute Gasteiger partial charge is 0.497 e. The van der Waals surface area contributed by atoms with E-state index in [2.05, 4.69) is 30.2 Å². The van der Waals surface area contributed by atoms with Crippen LogP contribution in [0.2, 0.25) is 0 Å². The minimum absolute atomic E-state index is 0.190. The van der Waals surface area contributed by atoms with E-state index in [-0.39, 0.29) is 12.5 Å². The van der Waals surface area contributed by atoms with Crippen molar-refractivity contribution >= 4 is 23.1 Å². The van der Waals surface area contributed by atoms with Gasteiger partial charge in [-0.1, -0.05) is 30.0 Å². The molecule has 11 heteroatoms. The number of amides is 1. The molecule has 0 aliphatic rings. The predicted octanol–water partition coefficient (Wildman–Crippen LogP) is 2.41. The van der Waals surface area contributed by atoms with Crippen molar-refractivity contribution in [1.82, 2.24) is 34.7 Å². The minimum atomic E-state index is -0.190. The molecule has 1 N–H and O–H groups in total. The van der Waals surface area contributed by atoms with E-state index in [1.54, 1.807) is 23.8 Å². The van der Waals surface area contributed by atoms with Crippen LogP contribution in [-0.4, -0.2) is 55.6 Å². The lowest BCUT2D eigenvalue weighted by Crippen LogP contribution is -2.28. The van der Waals surface area contributed by atoms with Crippen molar-refractivity contribution in [2.45, 2.75) is 19.8 Å². The van der Waals surface area contributed by atoms with Crippen molar-refractivity contribution in [2.24, 2.45) is 0 Å². The van der Waals surface area contributed by atoms with Gasteiger partial charge in [0.05, 0.1) is 19.3 Å². The number of rotatable bonds is 9. The molecule has 31 heavy (non-hydrogen) atoms. The van der Waals surface area contributed by atoms with Gasteiger partial charge in [-0.05, 0) is 36.2 Å². The van der Waals surface area contributed by atoms with E-state index in [0.29, 0.717) is 28.8 Å². The van der Waals surface area contributed by atoms with Crippen molar-refractivity contribution in [2.75, 3.05) is 20.3 Å². The molecule has 0 unspecified atom stereocenters. The fraction of sp³-hybridized carbons (Fsp3) is 0.300. The van der Waals surface area contributed by atoms with Crippen molar-refractivity contribution < 1.29 is 14.3 Å². The van der Waals surface area contributed by atoms with Crippen molar-refractivity contribution in [3.05, 3.63) is 47.0 Å². The maximum absolute atomic E-state index is 12.3. The van der Waals surface area contributed by atoms with Crippen LogP contribution in [0.15, 0.2) is 36.4 Å². The number of aromatic nitrogens is 6. The second-order valence-electron chi connectivity index (χ2n) is 6.60. The Morgan fingerprint density at radius 1 is 1.19 bits per heavy atom. The van der Waals surface area contributed by atoms with Crippen molar-refractivity contribution in [3.8, 4) is 23.0 Å². The molecule has 0 radical (unpaired) electrons. The summed E-state index contributed by atoms with van der Waals surface area (Å²) in [7, 11) is 1.61. The number of carbonyl (C=O) groups is 1. The Morgan fingerprint density at radius 2 is 2.10 bits per heavy atom. The first-order valence-electron chi connectivity index (χ1n) is 9.78. The second kappa shape index (κ2) is 9.47. The fourth-order valence-electron chi connectivity index (χ4n) is 2.97. The molecule has 160 valence electrons. The SMILES string of the molecule is CCCc1nnsc1C(=O)NCCOc1ccc2nnc(-c3cccc(OC)c3)n2n1. The van der Waals surface area contributed by atoms with E-state index in [1.807, 2.05) is 31.2 Å². The van der Waals surface area contributed by atoms with Gasteiger partial charge in [0.1, 0.15) is 17.2 Å². The average Bonchev–Trinajstić information content (AvgIpc) is 3.43. The number of methoxy groups -OCH3 is 1. The third kappa shape index (κ3) is 4.61. The van der Waals surface area contributed by atoms with E-state index in [9.17, 15) is 4.79 Å². The third-order valence-corrected chi connectivity index (χ3v) is 5.22. The van der Waals surface area contributed by atoms with Crippen LogP contribution in [0.4, 0.5) is 0 Å². The first-order valence-corrected chi connectivity index (χ1v) is 10.6. The highest BCUT2D eigenvalue weighted by atomic mass is 32.1. The molecule has 1 aromatic carbocycles. The smallest absolute Gasteiger partial charge is 0.265 e. The third-order valence-electron chi connectivity index (χ3n) is 4.45. The van der Waals surface area contributed by atoms with Crippen LogP contribution in [0.3, 0.4) is 0 Å². The maximum Gasteiger partial charge on any atom is 0.265 e. The standard InChI is InChI=1S/C20H21N7O3S/c1-3-5-15-18(31-26-22-15)20(28)21-10-11-30-17-9-8-16-23-24-19(27(16)25-17)13-6-4-7-14(12-13)29-2/h4,6-9,12H,3,5,10-11H2,1-2H3,(H,21,28). The number of fused-ring (bicyclic) bond motifs is 1. The summed E-state index contributed by atoms with van der Waals surface area (Å²) in [5, 5.41) is 19.7. The summed E-state index contributed by atoms with van der Waals surface area (Å²) in [5.74, 6) is 1.51. The van der Waals surface area contributed by atoms with Gasteiger partial charge in [-0.3, -0.25) is 4.79 Å². The Kier molecular flexibility index (Phi) is 6.32. The molecule has 0 bridgehead atoms. The number of carbonyl (C=O) groups excluding carboxylic acids is 1. The Morgan fingerprint density at radius 3 is 2.94 bits per heavy atom. The quantitative estimate of drug-likeness (QED) is 0.395. The fourth-order valence-corrected chi connectivity index (χ4v) is 3.60. The Bertz CT molecular complexity index is 1190. The van der Waals surface area contributed by atoms with E-state index in [4.69, 9.17) is 9.47 Å². The number of aryl methyl sites for hydroxylation is 1. The monoisotopic (exact) mass is 439 g/mol. The lowest BCUT2D eigenvalue weighted by atomic mass is 10.2. The van der Waals surface area contributed by atoms with Crippen LogP contribution in [0.5, 0.6) is 11.6 Å². The predicted molar refractivity (Wildman–Crippen MR) is 115 cm³/mol. The summed E-state index contributed by atoms with van der Waals surface area (Å²) in [4.78, 5) is 12.9. The van der Waals surface area contributed by atoms with Gasteiger partial charge in [-0.15, -0.1) is 20.4 Å². The molecule has 1 amide bonds.